The van der Waals surface area contributed by atoms with E-state index in [2.05, 4.69) is 62.5 Å². The van der Waals surface area contributed by atoms with Crippen molar-refractivity contribution in [3.63, 3.8) is 0 Å². The maximum absolute atomic E-state index is 3.70. The molecule has 0 saturated heterocycles. The van der Waals surface area contributed by atoms with Gasteiger partial charge >= 0.3 is 0 Å². The van der Waals surface area contributed by atoms with Crippen molar-refractivity contribution >= 4 is 11.3 Å². The fourth-order valence-corrected chi connectivity index (χ4v) is 3.54. The van der Waals surface area contributed by atoms with Gasteiger partial charge in [0.15, 0.2) is 0 Å². The van der Waals surface area contributed by atoms with Crippen LogP contribution in [0.4, 0.5) is 0 Å². The number of hydrogen-bond donors (Lipinski definition) is 1. The highest BCUT2D eigenvalue weighted by atomic mass is 32.1. The molecule has 1 nitrogen and oxygen atoms in total. The smallest absolute Gasteiger partial charge is 0.0458 e. The Bertz CT molecular complexity index is 501. The summed E-state index contributed by atoms with van der Waals surface area (Å²) >= 11 is 1.93. The predicted octanol–water partition coefficient (Wildman–Crippen LogP) is 4.65. The number of aryl methyl sites for hydroxylation is 2. The molecular formula is C17H23NS. The van der Waals surface area contributed by atoms with E-state index in [-0.39, 0.29) is 0 Å². The van der Waals surface area contributed by atoms with Crippen LogP contribution in [-0.4, -0.2) is 6.54 Å². The summed E-state index contributed by atoms with van der Waals surface area (Å²) in [6.07, 6.45) is 2.25. The molecule has 0 fully saturated rings. The first-order valence-corrected chi connectivity index (χ1v) is 7.86. The Hall–Kier alpha value is -1.12. The molecule has 19 heavy (non-hydrogen) atoms. The lowest BCUT2D eigenvalue weighted by atomic mass is 10.0. The van der Waals surface area contributed by atoms with Gasteiger partial charge in [-0.05, 0) is 50.4 Å². The molecule has 2 heteroatoms. The van der Waals surface area contributed by atoms with Crippen molar-refractivity contribution in [3.05, 3.63) is 57.3 Å². The van der Waals surface area contributed by atoms with Crippen molar-refractivity contribution in [2.45, 2.75) is 39.7 Å². The third-order valence-electron chi connectivity index (χ3n) is 3.32. The third-order valence-corrected chi connectivity index (χ3v) is 4.59. The van der Waals surface area contributed by atoms with Crippen molar-refractivity contribution in [3.8, 4) is 0 Å². The average molecular weight is 273 g/mol. The zero-order chi connectivity index (χ0) is 13.7. The van der Waals surface area contributed by atoms with Crippen LogP contribution in [0.2, 0.25) is 0 Å². The van der Waals surface area contributed by atoms with Gasteiger partial charge in [0.05, 0.1) is 0 Å². The van der Waals surface area contributed by atoms with Crippen LogP contribution in [0.15, 0.2) is 36.4 Å². The number of nitrogens with one attached hydrogen (secondary N) is 1. The van der Waals surface area contributed by atoms with Crippen molar-refractivity contribution in [2.75, 3.05) is 6.54 Å². The molecule has 0 aliphatic carbocycles. The monoisotopic (exact) mass is 273 g/mol. The maximum atomic E-state index is 3.70. The molecule has 2 aromatic rings. The van der Waals surface area contributed by atoms with E-state index in [0.717, 1.165) is 13.0 Å². The lowest BCUT2D eigenvalue weighted by Crippen LogP contribution is -2.23. The first kappa shape index (κ1) is 14.3. The highest BCUT2D eigenvalue weighted by Gasteiger charge is 2.16. The summed E-state index contributed by atoms with van der Waals surface area (Å²) < 4.78 is 0. The van der Waals surface area contributed by atoms with E-state index < -0.39 is 0 Å². The van der Waals surface area contributed by atoms with Crippen LogP contribution in [0.1, 0.15) is 40.3 Å². The summed E-state index contributed by atoms with van der Waals surface area (Å²) in [5, 5.41) is 3.70. The highest BCUT2D eigenvalue weighted by Crippen LogP contribution is 2.29. The fraction of sp³-hybridized carbons (Fsp3) is 0.412. The van der Waals surface area contributed by atoms with E-state index in [4.69, 9.17) is 0 Å². The van der Waals surface area contributed by atoms with E-state index in [9.17, 15) is 0 Å². The van der Waals surface area contributed by atoms with Crippen LogP contribution >= 0.6 is 11.3 Å². The van der Waals surface area contributed by atoms with Gasteiger partial charge in [-0.3, -0.25) is 0 Å². The second kappa shape index (κ2) is 6.88. The van der Waals surface area contributed by atoms with E-state index in [0.29, 0.717) is 6.04 Å². The summed E-state index contributed by atoms with van der Waals surface area (Å²) in [6.45, 7) is 7.72. The molecule has 0 amide bonds. The number of thiophene rings is 1. The van der Waals surface area contributed by atoms with Crippen molar-refractivity contribution in [1.29, 1.82) is 0 Å². The molecule has 0 radical (unpaired) electrons. The summed E-state index contributed by atoms with van der Waals surface area (Å²) in [6, 6.07) is 13.5. The van der Waals surface area contributed by atoms with E-state index in [1.54, 1.807) is 0 Å². The number of hydrogen-bond acceptors (Lipinski definition) is 2. The molecule has 0 aliphatic heterocycles. The summed E-state index contributed by atoms with van der Waals surface area (Å²) in [4.78, 5) is 2.90. The first-order valence-electron chi connectivity index (χ1n) is 7.05. The van der Waals surface area contributed by atoms with Gasteiger partial charge < -0.3 is 5.32 Å². The zero-order valence-electron chi connectivity index (χ0n) is 12.1. The van der Waals surface area contributed by atoms with Gasteiger partial charge in [-0.15, -0.1) is 11.3 Å². The first-order chi connectivity index (χ1) is 9.20. The Labute approximate surface area is 120 Å². The Morgan fingerprint density at radius 1 is 1.16 bits per heavy atom. The molecule has 1 aromatic heterocycles. The summed E-state index contributed by atoms with van der Waals surface area (Å²) in [5.74, 6) is 0. The molecule has 0 bridgehead atoms. The van der Waals surface area contributed by atoms with E-state index in [1.807, 2.05) is 11.3 Å². The molecule has 0 spiro atoms. The van der Waals surface area contributed by atoms with Gasteiger partial charge in [0, 0.05) is 15.8 Å². The second-order valence-corrected chi connectivity index (χ2v) is 6.39. The Morgan fingerprint density at radius 3 is 2.47 bits per heavy atom. The van der Waals surface area contributed by atoms with Crippen LogP contribution in [0.3, 0.4) is 0 Å². The van der Waals surface area contributed by atoms with Crippen molar-refractivity contribution in [2.24, 2.45) is 0 Å². The topological polar surface area (TPSA) is 12.0 Å². The van der Waals surface area contributed by atoms with Crippen LogP contribution < -0.4 is 5.32 Å². The largest absolute Gasteiger partial charge is 0.309 e. The normalized spacial score (nSPS) is 12.6. The lowest BCUT2D eigenvalue weighted by molar-refractivity contribution is 0.535. The van der Waals surface area contributed by atoms with Gasteiger partial charge in [0.25, 0.3) is 0 Å². The Kier molecular flexibility index (Phi) is 5.17. The quantitative estimate of drug-likeness (QED) is 0.808. The Morgan fingerprint density at radius 2 is 1.89 bits per heavy atom. The van der Waals surface area contributed by atoms with Crippen molar-refractivity contribution < 1.29 is 0 Å². The standard InChI is InChI=1S/C17H23NS/c1-4-10-18-16(12-15-8-6-5-7-9-15)17-13(2)11-14(3)19-17/h5-9,11,16,18H,4,10,12H2,1-3H3. The van der Waals surface area contributed by atoms with Crippen LogP contribution in [0.25, 0.3) is 0 Å². The van der Waals surface area contributed by atoms with Gasteiger partial charge in [0.2, 0.25) is 0 Å². The molecule has 1 aromatic carbocycles. The minimum atomic E-state index is 0.445. The molecular weight excluding hydrogens is 250 g/mol. The molecule has 1 heterocycles. The van der Waals surface area contributed by atoms with Gasteiger partial charge in [-0.2, -0.15) is 0 Å². The Balaban J connectivity index is 2.18. The number of benzene rings is 1. The zero-order valence-corrected chi connectivity index (χ0v) is 12.9. The van der Waals surface area contributed by atoms with Crippen LogP contribution in [0.5, 0.6) is 0 Å². The predicted molar refractivity (Wildman–Crippen MR) is 85.0 cm³/mol. The maximum Gasteiger partial charge on any atom is 0.0458 e. The van der Waals surface area contributed by atoms with Crippen LogP contribution in [-0.2, 0) is 6.42 Å². The van der Waals surface area contributed by atoms with E-state index in [1.165, 1.54) is 27.3 Å². The lowest BCUT2D eigenvalue weighted by Gasteiger charge is -2.18. The van der Waals surface area contributed by atoms with Crippen LogP contribution in [0, 0.1) is 13.8 Å². The average Bonchev–Trinajstić information content (AvgIpc) is 2.75. The van der Waals surface area contributed by atoms with Gasteiger partial charge in [-0.1, -0.05) is 37.3 Å². The molecule has 1 atom stereocenters. The molecule has 0 saturated carbocycles. The van der Waals surface area contributed by atoms with Crippen molar-refractivity contribution in [1.82, 2.24) is 5.32 Å². The number of rotatable bonds is 6. The fourth-order valence-electron chi connectivity index (χ4n) is 2.43. The minimum Gasteiger partial charge on any atom is -0.309 e. The minimum absolute atomic E-state index is 0.445. The van der Waals surface area contributed by atoms with Gasteiger partial charge in [-0.25, -0.2) is 0 Å². The SMILES string of the molecule is CCCNC(Cc1ccccc1)c1sc(C)cc1C. The molecule has 0 aliphatic rings. The third kappa shape index (κ3) is 3.92. The molecule has 1 N–H and O–H groups in total. The molecule has 2 rings (SSSR count). The second-order valence-electron chi connectivity index (χ2n) is 5.10. The molecule has 1 unspecified atom stereocenters. The molecule has 102 valence electrons. The van der Waals surface area contributed by atoms with E-state index >= 15 is 0 Å². The summed E-state index contributed by atoms with van der Waals surface area (Å²) in [7, 11) is 0. The van der Waals surface area contributed by atoms with Gasteiger partial charge in [0.1, 0.15) is 0 Å². The summed E-state index contributed by atoms with van der Waals surface area (Å²) in [5.41, 5.74) is 2.83. The highest BCUT2D eigenvalue weighted by molar-refractivity contribution is 7.12.